The van der Waals surface area contributed by atoms with Crippen molar-refractivity contribution in [2.45, 2.75) is 31.6 Å². The molecule has 0 spiro atoms. The Morgan fingerprint density at radius 3 is 2.61 bits per heavy atom. The number of nitriles is 1. The zero-order valence-electron chi connectivity index (χ0n) is 10.6. The van der Waals surface area contributed by atoms with Crippen LogP contribution in [-0.4, -0.2) is 13.4 Å². The number of aldehydes is 1. The summed E-state index contributed by atoms with van der Waals surface area (Å²) in [6, 6.07) is 7.98. The molecule has 0 saturated heterocycles. The molecular formula is C15H17NO2. The lowest BCUT2D eigenvalue weighted by atomic mass is 9.79. The fourth-order valence-electron chi connectivity index (χ4n) is 2.66. The molecule has 1 saturated carbocycles. The maximum absolute atomic E-state index is 10.7. The van der Waals surface area contributed by atoms with E-state index in [1.54, 1.807) is 7.11 Å². The highest BCUT2D eigenvalue weighted by Crippen LogP contribution is 2.36. The SMILES string of the molecule is COc1ccc([C@H]2CC[C@H](C=O)CC2)cc1C#N. The van der Waals surface area contributed by atoms with Crippen LogP contribution in [0.25, 0.3) is 0 Å². The number of nitrogens with zero attached hydrogens (tertiary/aromatic N) is 1. The lowest BCUT2D eigenvalue weighted by molar-refractivity contribution is -0.111. The second-order valence-electron chi connectivity index (χ2n) is 4.82. The van der Waals surface area contributed by atoms with Gasteiger partial charge >= 0.3 is 0 Å². The number of carbonyl (C=O) groups is 1. The Hall–Kier alpha value is -1.82. The van der Waals surface area contributed by atoms with Gasteiger partial charge in [-0.2, -0.15) is 5.26 Å². The van der Waals surface area contributed by atoms with E-state index in [-0.39, 0.29) is 5.92 Å². The molecule has 3 heteroatoms. The molecule has 1 fully saturated rings. The van der Waals surface area contributed by atoms with Gasteiger partial charge in [0.1, 0.15) is 18.1 Å². The Morgan fingerprint density at radius 1 is 1.33 bits per heavy atom. The first-order valence-electron chi connectivity index (χ1n) is 6.31. The van der Waals surface area contributed by atoms with E-state index in [9.17, 15) is 4.79 Å². The summed E-state index contributed by atoms with van der Waals surface area (Å²) in [5.74, 6) is 1.33. The van der Waals surface area contributed by atoms with Gasteiger partial charge in [0.05, 0.1) is 12.7 Å². The molecule has 2 rings (SSSR count). The van der Waals surface area contributed by atoms with Crippen molar-refractivity contribution in [2.75, 3.05) is 7.11 Å². The van der Waals surface area contributed by atoms with Gasteiger partial charge in [0.25, 0.3) is 0 Å². The maximum atomic E-state index is 10.7. The van der Waals surface area contributed by atoms with E-state index in [1.165, 1.54) is 5.56 Å². The molecule has 1 aromatic rings. The third-order valence-corrected chi connectivity index (χ3v) is 3.78. The van der Waals surface area contributed by atoms with Crippen LogP contribution < -0.4 is 4.74 Å². The number of benzene rings is 1. The normalized spacial score (nSPS) is 23.1. The van der Waals surface area contributed by atoms with E-state index in [0.717, 1.165) is 32.0 Å². The van der Waals surface area contributed by atoms with Gasteiger partial charge < -0.3 is 9.53 Å². The van der Waals surface area contributed by atoms with E-state index >= 15 is 0 Å². The van der Waals surface area contributed by atoms with Crippen molar-refractivity contribution in [1.82, 2.24) is 0 Å². The molecule has 1 aliphatic carbocycles. The molecule has 18 heavy (non-hydrogen) atoms. The zero-order chi connectivity index (χ0) is 13.0. The second-order valence-corrected chi connectivity index (χ2v) is 4.82. The van der Waals surface area contributed by atoms with E-state index in [0.29, 0.717) is 17.2 Å². The summed E-state index contributed by atoms with van der Waals surface area (Å²) in [4.78, 5) is 10.7. The second kappa shape index (κ2) is 5.68. The van der Waals surface area contributed by atoms with E-state index < -0.39 is 0 Å². The summed E-state index contributed by atoms with van der Waals surface area (Å²) in [5, 5.41) is 9.08. The van der Waals surface area contributed by atoms with Crippen LogP contribution in [-0.2, 0) is 4.79 Å². The molecule has 0 atom stereocenters. The number of methoxy groups -OCH3 is 1. The molecule has 0 radical (unpaired) electrons. The summed E-state index contributed by atoms with van der Waals surface area (Å²) < 4.78 is 5.14. The first-order valence-corrected chi connectivity index (χ1v) is 6.31. The molecule has 94 valence electrons. The van der Waals surface area contributed by atoms with Crippen molar-refractivity contribution >= 4 is 6.29 Å². The number of ether oxygens (including phenoxy) is 1. The Morgan fingerprint density at radius 2 is 2.06 bits per heavy atom. The largest absolute Gasteiger partial charge is 0.495 e. The Balaban J connectivity index is 2.15. The van der Waals surface area contributed by atoms with Gasteiger partial charge in [-0.15, -0.1) is 0 Å². The number of rotatable bonds is 3. The van der Waals surface area contributed by atoms with E-state index in [4.69, 9.17) is 10.00 Å². The molecule has 0 amide bonds. The third kappa shape index (κ3) is 2.53. The van der Waals surface area contributed by atoms with Gasteiger partial charge in [-0.05, 0) is 49.3 Å². The number of hydrogen-bond acceptors (Lipinski definition) is 3. The summed E-state index contributed by atoms with van der Waals surface area (Å²) in [5.41, 5.74) is 1.78. The Kier molecular flexibility index (Phi) is 3.99. The molecule has 0 aromatic heterocycles. The molecule has 1 aliphatic rings. The lowest BCUT2D eigenvalue weighted by Crippen LogP contribution is -2.14. The topological polar surface area (TPSA) is 50.1 Å². The van der Waals surface area contributed by atoms with E-state index in [1.807, 2.05) is 18.2 Å². The number of hydrogen-bond donors (Lipinski definition) is 0. The molecule has 1 aromatic carbocycles. The highest BCUT2D eigenvalue weighted by atomic mass is 16.5. The summed E-state index contributed by atoms with van der Waals surface area (Å²) in [7, 11) is 1.57. The van der Waals surface area contributed by atoms with Gasteiger partial charge in [0, 0.05) is 5.92 Å². The summed E-state index contributed by atoms with van der Waals surface area (Å²) in [6.45, 7) is 0. The fraction of sp³-hybridized carbons (Fsp3) is 0.467. The first-order chi connectivity index (χ1) is 8.78. The van der Waals surface area contributed by atoms with Gasteiger partial charge in [0.2, 0.25) is 0 Å². The summed E-state index contributed by atoms with van der Waals surface area (Å²) in [6.07, 6.45) is 5.05. The molecule has 0 unspecified atom stereocenters. The van der Waals surface area contributed by atoms with Gasteiger partial charge in [-0.25, -0.2) is 0 Å². The van der Waals surface area contributed by atoms with Crippen molar-refractivity contribution in [2.24, 2.45) is 5.92 Å². The highest BCUT2D eigenvalue weighted by Gasteiger charge is 2.22. The van der Waals surface area contributed by atoms with Crippen LogP contribution in [0.5, 0.6) is 5.75 Å². The van der Waals surface area contributed by atoms with Gasteiger partial charge in [-0.1, -0.05) is 6.07 Å². The van der Waals surface area contributed by atoms with Crippen LogP contribution in [0.1, 0.15) is 42.7 Å². The van der Waals surface area contributed by atoms with Gasteiger partial charge in [0.15, 0.2) is 0 Å². The molecular weight excluding hydrogens is 226 g/mol. The average Bonchev–Trinajstić information content (AvgIpc) is 2.46. The average molecular weight is 243 g/mol. The standard InChI is InChI=1S/C15H17NO2/c1-18-15-7-6-13(8-14(15)9-16)12-4-2-11(10-17)3-5-12/h6-8,10-12H,2-5H2,1H3/t11-,12-. The fourth-order valence-corrected chi connectivity index (χ4v) is 2.66. The van der Waals surface area contributed by atoms with Crippen molar-refractivity contribution in [3.63, 3.8) is 0 Å². The van der Waals surface area contributed by atoms with Crippen molar-refractivity contribution < 1.29 is 9.53 Å². The highest BCUT2D eigenvalue weighted by molar-refractivity contribution is 5.53. The Labute approximate surface area is 107 Å². The predicted molar refractivity (Wildman–Crippen MR) is 68.5 cm³/mol. The monoisotopic (exact) mass is 243 g/mol. The minimum absolute atomic E-state index is 0.231. The molecule has 0 bridgehead atoms. The summed E-state index contributed by atoms with van der Waals surface area (Å²) >= 11 is 0. The van der Waals surface area contributed by atoms with Crippen molar-refractivity contribution in [3.8, 4) is 11.8 Å². The first kappa shape index (κ1) is 12.6. The van der Waals surface area contributed by atoms with E-state index in [2.05, 4.69) is 6.07 Å². The minimum atomic E-state index is 0.231. The third-order valence-electron chi connectivity index (χ3n) is 3.78. The molecule has 0 N–H and O–H groups in total. The van der Waals surface area contributed by atoms with Crippen LogP contribution in [0, 0.1) is 17.2 Å². The predicted octanol–water partition coefficient (Wildman–Crippen LogP) is 3.04. The smallest absolute Gasteiger partial charge is 0.136 e. The molecule has 0 heterocycles. The Bertz CT molecular complexity index is 468. The van der Waals surface area contributed by atoms with Gasteiger partial charge in [-0.3, -0.25) is 0 Å². The van der Waals surface area contributed by atoms with Crippen LogP contribution in [0.2, 0.25) is 0 Å². The molecule has 3 nitrogen and oxygen atoms in total. The zero-order valence-corrected chi connectivity index (χ0v) is 10.6. The minimum Gasteiger partial charge on any atom is -0.495 e. The number of carbonyl (C=O) groups excluding carboxylic acids is 1. The molecule has 0 aliphatic heterocycles. The van der Waals surface area contributed by atoms with Crippen LogP contribution in [0.3, 0.4) is 0 Å². The van der Waals surface area contributed by atoms with Crippen LogP contribution in [0.15, 0.2) is 18.2 Å². The maximum Gasteiger partial charge on any atom is 0.136 e. The quantitative estimate of drug-likeness (QED) is 0.767. The van der Waals surface area contributed by atoms with Crippen molar-refractivity contribution in [1.29, 1.82) is 5.26 Å². The van der Waals surface area contributed by atoms with Crippen molar-refractivity contribution in [3.05, 3.63) is 29.3 Å². The van der Waals surface area contributed by atoms with Crippen LogP contribution >= 0.6 is 0 Å². The van der Waals surface area contributed by atoms with Crippen LogP contribution in [0.4, 0.5) is 0 Å². The lowest BCUT2D eigenvalue weighted by Gasteiger charge is -2.26.